The first-order valence-electron chi connectivity index (χ1n) is 8.78. The second-order valence-electron chi connectivity index (χ2n) is 6.13. The van der Waals surface area contributed by atoms with Gasteiger partial charge in [0.15, 0.2) is 0 Å². The number of fused-ring (bicyclic) bond motifs is 1. The Kier molecular flexibility index (Phi) is 5.49. The molecule has 0 spiro atoms. The van der Waals surface area contributed by atoms with Gasteiger partial charge in [0.2, 0.25) is 0 Å². The Balaban J connectivity index is 1.87. The Morgan fingerprint density at radius 3 is 2.44 bits per heavy atom. The largest absolute Gasteiger partial charge is 0.490 e. The van der Waals surface area contributed by atoms with Gasteiger partial charge in [-0.15, -0.1) is 0 Å². The van der Waals surface area contributed by atoms with Crippen LogP contribution in [0.4, 0.5) is 4.39 Å². The van der Waals surface area contributed by atoms with E-state index >= 15 is 0 Å². The second-order valence-corrected chi connectivity index (χ2v) is 6.13. The molecule has 0 atom stereocenters. The Morgan fingerprint density at radius 2 is 1.72 bits per heavy atom. The lowest BCUT2D eigenvalue weighted by Crippen LogP contribution is -1.93. The van der Waals surface area contributed by atoms with E-state index in [9.17, 15) is 4.39 Å². The zero-order valence-corrected chi connectivity index (χ0v) is 14.8. The lowest BCUT2D eigenvalue weighted by atomic mass is 9.98. The minimum absolute atomic E-state index is 0.0846. The number of benzene rings is 3. The van der Waals surface area contributed by atoms with E-state index < -0.39 is 0 Å². The van der Waals surface area contributed by atoms with Crippen molar-refractivity contribution in [2.24, 2.45) is 0 Å². The van der Waals surface area contributed by atoms with Gasteiger partial charge in [0, 0.05) is 5.39 Å². The molecular formula is C23H23FO. The summed E-state index contributed by atoms with van der Waals surface area (Å²) in [4.78, 5) is 0. The molecule has 0 aliphatic carbocycles. The van der Waals surface area contributed by atoms with E-state index in [2.05, 4.69) is 6.92 Å². The van der Waals surface area contributed by atoms with Crippen LogP contribution in [-0.2, 0) is 6.42 Å². The van der Waals surface area contributed by atoms with Crippen molar-refractivity contribution >= 4 is 10.8 Å². The van der Waals surface area contributed by atoms with E-state index in [1.54, 1.807) is 0 Å². The number of hydrogen-bond donors (Lipinski definition) is 0. The molecule has 25 heavy (non-hydrogen) atoms. The molecule has 0 bridgehead atoms. The maximum Gasteiger partial charge on any atom is 0.134 e. The van der Waals surface area contributed by atoms with Crippen LogP contribution in [0.1, 0.15) is 25.8 Å². The van der Waals surface area contributed by atoms with Crippen LogP contribution in [-0.4, -0.2) is 6.61 Å². The van der Waals surface area contributed by atoms with Gasteiger partial charge in [-0.25, -0.2) is 4.39 Å². The molecule has 0 aliphatic heterocycles. The van der Waals surface area contributed by atoms with Crippen molar-refractivity contribution in [3.8, 4) is 16.9 Å². The fourth-order valence-corrected chi connectivity index (χ4v) is 2.96. The predicted octanol–water partition coefficient (Wildman–Crippen LogP) is 6.55. The molecule has 2 heteroatoms. The van der Waals surface area contributed by atoms with E-state index in [4.69, 9.17) is 4.74 Å². The smallest absolute Gasteiger partial charge is 0.134 e. The molecule has 0 amide bonds. The van der Waals surface area contributed by atoms with E-state index in [0.717, 1.165) is 40.7 Å². The van der Waals surface area contributed by atoms with Gasteiger partial charge in [-0.2, -0.15) is 0 Å². The summed E-state index contributed by atoms with van der Waals surface area (Å²) >= 11 is 0. The van der Waals surface area contributed by atoms with E-state index in [0.29, 0.717) is 12.0 Å². The quantitative estimate of drug-likeness (QED) is 0.464. The molecule has 0 heterocycles. The van der Waals surface area contributed by atoms with Crippen molar-refractivity contribution in [1.82, 2.24) is 0 Å². The number of aryl methyl sites for hydroxylation is 1. The van der Waals surface area contributed by atoms with E-state index in [1.165, 1.54) is 0 Å². The van der Waals surface area contributed by atoms with Crippen LogP contribution in [0.3, 0.4) is 0 Å². The Labute approximate surface area is 148 Å². The molecule has 0 aromatic heterocycles. The van der Waals surface area contributed by atoms with Gasteiger partial charge < -0.3 is 4.74 Å². The number of hydrogen-bond acceptors (Lipinski definition) is 1. The molecule has 3 rings (SSSR count). The van der Waals surface area contributed by atoms with Crippen molar-refractivity contribution in [1.29, 1.82) is 0 Å². The molecule has 3 aromatic rings. The van der Waals surface area contributed by atoms with Gasteiger partial charge in [-0.1, -0.05) is 61.9 Å². The summed E-state index contributed by atoms with van der Waals surface area (Å²) in [7, 11) is 0. The van der Waals surface area contributed by atoms with Crippen LogP contribution in [0, 0.1) is 5.82 Å². The Bertz CT molecular complexity index is 878. The van der Waals surface area contributed by atoms with Gasteiger partial charge in [0.05, 0.1) is 0 Å². The fraction of sp³-hybridized carbons (Fsp3) is 0.217. The minimum Gasteiger partial charge on any atom is -0.490 e. The molecule has 0 unspecified atom stereocenters. The number of ether oxygens (including phenoxy) is 1. The van der Waals surface area contributed by atoms with Crippen LogP contribution in [0.15, 0.2) is 66.7 Å². The Morgan fingerprint density at radius 1 is 0.960 bits per heavy atom. The maximum atomic E-state index is 14.6. The van der Waals surface area contributed by atoms with Crippen LogP contribution < -0.4 is 4.74 Å². The summed E-state index contributed by atoms with van der Waals surface area (Å²) in [5.41, 5.74) is 2.97. The molecule has 128 valence electrons. The van der Waals surface area contributed by atoms with E-state index in [-0.39, 0.29) is 5.82 Å². The first-order chi connectivity index (χ1) is 12.2. The van der Waals surface area contributed by atoms with Crippen LogP contribution in [0.5, 0.6) is 5.75 Å². The Hall–Kier alpha value is -2.61. The van der Waals surface area contributed by atoms with Gasteiger partial charge >= 0.3 is 0 Å². The highest BCUT2D eigenvalue weighted by atomic mass is 19.1. The third-order valence-electron chi connectivity index (χ3n) is 4.32. The predicted molar refractivity (Wildman–Crippen MR) is 104 cm³/mol. The highest BCUT2D eigenvalue weighted by Crippen LogP contribution is 2.29. The van der Waals surface area contributed by atoms with Crippen molar-refractivity contribution in [3.63, 3.8) is 0 Å². The lowest BCUT2D eigenvalue weighted by molar-refractivity contribution is 0.363. The summed E-state index contributed by atoms with van der Waals surface area (Å²) in [5, 5.41) is 1.63. The van der Waals surface area contributed by atoms with Crippen LogP contribution in [0.2, 0.25) is 0 Å². The first kappa shape index (κ1) is 17.2. The van der Waals surface area contributed by atoms with Crippen molar-refractivity contribution in [2.45, 2.75) is 26.7 Å². The average Bonchev–Trinajstić information content (AvgIpc) is 2.65. The van der Waals surface area contributed by atoms with Crippen molar-refractivity contribution < 1.29 is 9.13 Å². The topological polar surface area (TPSA) is 9.23 Å². The molecule has 0 fully saturated rings. The SMILES string of the molecule is CC=CCOc1ccc(-c2ccc3c(F)c(CCC)ccc3c2)cc1. The normalized spacial score (nSPS) is 11.3. The van der Waals surface area contributed by atoms with Gasteiger partial charge in [0.1, 0.15) is 18.2 Å². The van der Waals surface area contributed by atoms with Gasteiger partial charge in [-0.3, -0.25) is 0 Å². The molecule has 0 saturated heterocycles. The summed E-state index contributed by atoms with van der Waals surface area (Å²) in [6.45, 7) is 4.62. The molecular weight excluding hydrogens is 311 g/mol. The minimum atomic E-state index is -0.0846. The zero-order valence-electron chi connectivity index (χ0n) is 14.8. The highest BCUT2D eigenvalue weighted by molar-refractivity contribution is 5.88. The number of halogens is 1. The molecule has 3 aromatic carbocycles. The zero-order chi connectivity index (χ0) is 17.6. The summed E-state index contributed by atoms with van der Waals surface area (Å²) in [5.74, 6) is 0.761. The second kappa shape index (κ2) is 7.98. The lowest BCUT2D eigenvalue weighted by Gasteiger charge is -2.09. The van der Waals surface area contributed by atoms with Crippen LogP contribution in [0.25, 0.3) is 21.9 Å². The molecule has 0 aliphatic rings. The molecule has 0 N–H and O–H groups in total. The standard InChI is InChI=1S/C23H23FO/c1-3-5-15-25-21-12-9-17(10-13-21)19-11-14-22-20(16-19)8-7-18(6-4-2)23(22)24/h3,5,7-14,16H,4,6,15H2,1-2H3. The van der Waals surface area contributed by atoms with Crippen molar-refractivity contribution in [3.05, 3.63) is 78.1 Å². The maximum absolute atomic E-state index is 14.6. The van der Waals surface area contributed by atoms with Gasteiger partial charge in [0.25, 0.3) is 0 Å². The first-order valence-corrected chi connectivity index (χ1v) is 8.78. The third-order valence-corrected chi connectivity index (χ3v) is 4.32. The average molecular weight is 334 g/mol. The summed E-state index contributed by atoms with van der Waals surface area (Å²) in [6, 6.07) is 17.8. The van der Waals surface area contributed by atoms with Gasteiger partial charge in [-0.05, 0) is 53.6 Å². The van der Waals surface area contributed by atoms with E-state index in [1.807, 2.05) is 73.7 Å². The van der Waals surface area contributed by atoms with Crippen molar-refractivity contribution in [2.75, 3.05) is 6.61 Å². The number of allylic oxidation sites excluding steroid dienone is 1. The van der Waals surface area contributed by atoms with Crippen LogP contribution >= 0.6 is 0 Å². The highest BCUT2D eigenvalue weighted by Gasteiger charge is 2.08. The number of rotatable bonds is 6. The molecule has 1 nitrogen and oxygen atoms in total. The molecule has 0 radical (unpaired) electrons. The molecule has 0 saturated carbocycles. The summed E-state index contributed by atoms with van der Waals surface area (Å²) < 4.78 is 20.2. The summed E-state index contributed by atoms with van der Waals surface area (Å²) in [6.07, 6.45) is 5.66. The third kappa shape index (κ3) is 3.90. The monoisotopic (exact) mass is 334 g/mol. The fourth-order valence-electron chi connectivity index (χ4n) is 2.96.